The van der Waals surface area contributed by atoms with E-state index < -0.39 is 0 Å². The van der Waals surface area contributed by atoms with Gasteiger partial charge in [0.1, 0.15) is 11.2 Å². The predicted octanol–water partition coefficient (Wildman–Crippen LogP) is 15.6. The molecule has 0 unspecified atom stereocenters. The molecule has 0 spiro atoms. The van der Waals surface area contributed by atoms with Gasteiger partial charge in [-0.1, -0.05) is 158 Å². The van der Waals surface area contributed by atoms with Gasteiger partial charge in [0.25, 0.3) is 0 Å². The van der Waals surface area contributed by atoms with E-state index in [1.807, 2.05) is 11.3 Å². The Bertz CT molecular complexity index is 3430. The maximum atomic E-state index is 6.61. The zero-order chi connectivity index (χ0) is 35.3. The van der Waals surface area contributed by atoms with E-state index in [0.717, 1.165) is 11.2 Å². The van der Waals surface area contributed by atoms with Crippen molar-refractivity contribution in [2.24, 2.45) is 0 Å². The van der Waals surface area contributed by atoms with Crippen molar-refractivity contribution in [2.45, 2.75) is 0 Å². The summed E-state index contributed by atoms with van der Waals surface area (Å²) in [6, 6.07) is 66.7. The minimum Gasteiger partial charge on any atom is -0.456 e. The molecule has 2 aromatic heterocycles. The smallest absolute Gasteiger partial charge is 0.136 e. The van der Waals surface area contributed by atoms with Crippen LogP contribution < -0.4 is 0 Å². The molecule has 0 atom stereocenters. The van der Waals surface area contributed by atoms with Crippen LogP contribution in [0.3, 0.4) is 0 Å². The van der Waals surface area contributed by atoms with Crippen LogP contribution in [0.5, 0.6) is 0 Å². The Morgan fingerprint density at radius 1 is 0.315 bits per heavy atom. The monoisotopic (exact) mass is 702 g/mol. The van der Waals surface area contributed by atoms with Crippen molar-refractivity contribution in [3.63, 3.8) is 0 Å². The Morgan fingerprint density at radius 3 is 1.56 bits per heavy atom. The quantitative estimate of drug-likeness (QED) is 0.167. The summed E-state index contributed by atoms with van der Waals surface area (Å²) in [5.74, 6) is 0. The summed E-state index contributed by atoms with van der Waals surface area (Å²) in [6.07, 6.45) is 0. The Hall–Kier alpha value is -6.74. The van der Waals surface area contributed by atoms with Gasteiger partial charge in [0.05, 0.1) is 0 Å². The van der Waals surface area contributed by atoms with Gasteiger partial charge in [-0.05, 0) is 101 Å². The highest BCUT2D eigenvalue weighted by molar-refractivity contribution is 7.25. The number of thiophene rings is 1. The molecular weight excluding hydrogens is 673 g/mol. The number of fused-ring (bicyclic) bond motifs is 12. The van der Waals surface area contributed by atoms with Gasteiger partial charge in [-0.2, -0.15) is 0 Å². The van der Waals surface area contributed by atoms with Gasteiger partial charge < -0.3 is 4.42 Å². The second-order valence-corrected chi connectivity index (χ2v) is 15.4. The molecule has 1 nitrogen and oxygen atoms in total. The van der Waals surface area contributed by atoms with Crippen LogP contribution in [-0.2, 0) is 0 Å². The van der Waals surface area contributed by atoms with E-state index in [0.29, 0.717) is 0 Å². The molecular formula is C52H30OS. The van der Waals surface area contributed by atoms with Crippen LogP contribution in [0.25, 0.3) is 119 Å². The molecule has 2 heterocycles. The normalized spacial score (nSPS) is 12.1. The van der Waals surface area contributed by atoms with Crippen molar-refractivity contribution in [2.75, 3.05) is 0 Å². The molecule has 0 radical (unpaired) electrons. The van der Waals surface area contributed by atoms with E-state index in [9.17, 15) is 0 Å². The molecule has 12 aromatic rings. The third-order valence-corrected chi connectivity index (χ3v) is 12.6. The van der Waals surface area contributed by atoms with Crippen LogP contribution >= 0.6 is 11.3 Å². The average Bonchev–Trinajstić information content (AvgIpc) is 3.81. The van der Waals surface area contributed by atoms with Crippen molar-refractivity contribution in [1.29, 1.82) is 0 Å². The number of hydrogen-bond acceptors (Lipinski definition) is 2. The van der Waals surface area contributed by atoms with Crippen LogP contribution in [0, 0.1) is 0 Å². The first-order valence-corrected chi connectivity index (χ1v) is 19.3. The van der Waals surface area contributed by atoms with Gasteiger partial charge in [-0.25, -0.2) is 0 Å². The fourth-order valence-corrected chi connectivity index (χ4v) is 10.2. The molecule has 0 aliphatic rings. The van der Waals surface area contributed by atoms with Crippen LogP contribution in [0.2, 0.25) is 0 Å². The van der Waals surface area contributed by atoms with E-state index in [-0.39, 0.29) is 0 Å². The molecule has 2 heteroatoms. The van der Waals surface area contributed by atoms with Gasteiger partial charge in [-0.3, -0.25) is 0 Å². The topological polar surface area (TPSA) is 13.1 Å². The second kappa shape index (κ2) is 11.4. The lowest BCUT2D eigenvalue weighted by molar-refractivity contribution is 0.669. The number of furan rings is 1. The van der Waals surface area contributed by atoms with Gasteiger partial charge >= 0.3 is 0 Å². The predicted molar refractivity (Wildman–Crippen MR) is 233 cm³/mol. The summed E-state index contributed by atoms with van der Waals surface area (Å²) in [6.45, 7) is 0. The molecule has 0 aliphatic heterocycles. The zero-order valence-corrected chi connectivity index (χ0v) is 30.0. The first-order chi connectivity index (χ1) is 26.8. The highest BCUT2D eigenvalue weighted by atomic mass is 32.1. The van der Waals surface area contributed by atoms with Crippen molar-refractivity contribution in [3.8, 4) is 33.4 Å². The number of hydrogen-bond donors (Lipinski definition) is 0. The molecule has 10 aromatic carbocycles. The standard InChI is InChI=1S/C52H30OS/c1-2-12-35-31(11-1)26-28-45-51(35)52-39-15-4-3-13-36(39)44(30-46(52)53-45)32-21-23-33(24-22-32)49-40-16-5-7-18-42(40)50(43-19-8-6-17-41(43)49)34-25-27-38-37-14-9-10-20-47(37)54-48(38)29-34/h1-30H. The lowest BCUT2D eigenvalue weighted by atomic mass is 9.85. The summed E-state index contributed by atoms with van der Waals surface area (Å²) in [4.78, 5) is 0. The molecule has 0 amide bonds. The van der Waals surface area contributed by atoms with Gasteiger partial charge in [0, 0.05) is 30.9 Å². The van der Waals surface area contributed by atoms with Crippen molar-refractivity contribution >= 4 is 96.5 Å². The zero-order valence-electron chi connectivity index (χ0n) is 29.1. The summed E-state index contributed by atoms with van der Waals surface area (Å²) in [5.41, 5.74) is 9.21. The summed E-state index contributed by atoms with van der Waals surface area (Å²) in [7, 11) is 0. The van der Waals surface area contributed by atoms with Gasteiger partial charge in [0.15, 0.2) is 0 Å². The Kier molecular flexibility index (Phi) is 6.28. The molecule has 0 aliphatic carbocycles. The van der Waals surface area contributed by atoms with E-state index in [1.54, 1.807) is 0 Å². The summed E-state index contributed by atoms with van der Waals surface area (Å²) >= 11 is 1.88. The maximum absolute atomic E-state index is 6.61. The Labute approximate surface area is 314 Å². The third kappa shape index (κ3) is 4.26. The van der Waals surface area contributed by atoms with E-state index in [1.165, 1.54) is 107 Å². The van der Waals surface area contributed by atoms with E-state index in [2.05, 4.69) is 182 Å². The molecule has 54 heavy (non-hydrogen) atoms. The first kappa shape index (κ1) is 29.8. The number of benzene rings is 10. The largest absolute Gasteiger partial charge is 0.456 e. The van der Waals surface area contributed by atoms with Crippen molar-refractivity contribution in [1.82, 2.24) is 0 Å². The minimum atomic E-state index is 0.917. The molecule has 0 fully saturated rings. The lowest BCUT2D eigenvalue weighted by Gasteiger charge is -2.18. The van der Waals surface area contributed by atoms with E-state index in [4.69, 9.17) is 4.42 Å². The minimum absolute atomic E-state index is 0.917. The van der Waals surface area contributed by atoms with Crippen molar-refractivity contribution < 1.29 is 4.42 Å². The molecule has 250 valence electrons. The molecule has 12 rings (SSSR count). The first-order valence-electron chi connectivity index (χ1n) is 18.5. The van der Waals surface area contributed by atoms with Crippen LogP contribution in [0.1, 0.15) is 0 Å². The van der Waals surface area contributed by atoms with E-state index >= 15 is 0 Å². The summed E-state index contributed by atoms with van der Waals surface area (Å²) in [5, 5.41) is 15.0. The van der Waals surface area contributed by atoms with Gasteiger partial charge in [0.2, 0.25) is 0 Å². The van der Waals surface area contributed by atoms with Crippen LogP contribution in [-0.4, -0.2) is 0 Å². The maximum Gasteiger partial charge on any atom is 0.136 e. The highest BCUT2D eigenvalue weighted by Gasteiger charge is 2.19. The van der Waals surface area contributed by atoms with Crippen LogP contribution in [0.4, 0.5) is 0 Å². The van der Waals surface area contributed by atoms with Gasteiger partial charge in [-0.15, -0.1) is 11.3 Å². The average molecular weight is 703 g/mol. The molecule has 0 saturated heterocycles. The highest BCUT2D eigenvalue weighted by Crippen LogP contribution is 2.47. The Balaban J connectivity index is 1.04. The van der Waals surface area contributed by atoms with Crippen LogP contribution in [0.15, 0.2) is 186 Å². The second-order valence-electron chi connectivity index (χ2n) is 14.3. The molecule has 0 N–H and O–H groups in total. The SMILES string of the molecule is c1ccc2c(c1)ccc1oc3cc(-c4ccc(-c5c6ccccc6c(-c6ccc7c(c6)sc6ccccc67)c6ccccc56)cc4)c4ccccc4c3c12. The van der Waals surface area contributed by atoms with Crippen molar-refractivity contribution in [3.05, 3.63) is 182 Å². The fraction of sp³-hybridized carbons (Fsp3) is 0. The molecule has 0 saturated carbocycles. The Morgan fingerprint density at radius 2 is 0.833 bits per heavy atom. The number of rotatable bonds is 3. The lowest BCUT2D eigenvalue weighted by Crippen LogP contribution is -1.91. The fourth-order valence-electron chi connectivity index (χ4n) is 9.09. The third-order valence-electron chi connectivity index (χ3n) is 11.5. The molecule has 0 bridgehead atoms. The summed E-state index contributed by atoms with van der Waals surface area (Å²) < 4.78 is 9.26.